The number of piperidine rings is 1. The third kappa shape index (κ3) is 3.64. The van der Waals surface area contributed by atoms with Crippen LogP contribution >= 0.6 is 0 Å². The van der Waals surface area contributed by atoms with Crippen molar-refractivity contribution in [3.8, 4) is 11.5 Å². The number of rotatable bonds is 4. The number of amides is 5. The lowest BCUT2D eigenvalue weighted by atomic mass is 9.92. The van der Waals surface area contributed by atoms with Crippen LogP contribution in [0.25, 0.3) is 0 Å². The van der Waals surface area contributed by atoms with Crippen molar-refractivity contribution in [3.05, 3.63) is 53.6 Å². The molecular formula is C26H26N4O6. The lowest BCUT2D eigenvalue weighted by Crippen LogP contribution is -2.47. The second-order valence-electron chi connectivity index (χ2n) is 9.60. The third-order valence-electron chi connectivity index (χ3n) is 7.57. The van der Waals surface area contributed by atoms with Crippen LogP contribution in [0.15, 0.2) is 42.5 Å². The fourth-order valence-electron chi connectivity index (χ4n) is 5.58. The van der Waals surface area contributed by atoms with E-state index in [1.165, 1.54) is 0 Å². The Hall–Kier alpha value is -4.08. The normalized spacial score (nSPS) is 22.7. The second kappa shape index (κ2) is 8.54. The first-order valence-corrected chi connectivity index (χ1v) is 12.2. The molecule has 0 radical (unpaired) electrons. The first kappa shape index (κ1) is 22.4. The second-order valence-corrected chi connectivity index (χ2v) is 9.60. The van der Waals surface area contributed by atoms with Crippen LogP contribution in [0.2, 0.25) is 0 Å². The Morgan fingerprint density at radius 2 is 1.83 bits per heavy atom. The predicted molar refractivity (Wildman–Crippen MR) is 127 cm³/mol. The number of carbonyl (C=O) groups is 4. The third-order valence-corrected chi connectivity index (χ3v) is 7.57. The number of fused-ring (bicyclic) bond motifs is 3. The largest absolute Gasteiger partial charge is 0.454 e. The van der Waals surface area contributed by atoms with E-state index in [2.05, 4.69) is 10.6 Å². The van der Waals surface area contributed by atoms with Gasteiger partial charge >= 0.3 is 6.03 Å². The summed E-state index contributed by atoms with van der Waals surface area (Å²) in [6.07, 6.45) is 2.19. The van der Waals surface area contributed by atoms with Gasteiger partial charge in [-0.05, 0) is 48.9 Å². The summed E-state index contributed by atoms with van der Waals surface area (Å²) in [5, 5.41) is 5.76. The molecule has 1 atom stereocenters. The predicted octanol–water partition coefficient (Wildman–Crippen LogP) is 1.99. The SMILES string of the molecule is O=C(Nc1ccc2c(c1)OCO2)C1CCN(C(=O)CN2C(=O)N[C@@]3(CCc4ccccc43)C2=O)CC1. The summed E-state index contributed by atoms with van der Waals surface area (Å²) in [4.78, 5) is 54.4. The molecule has 36 heavy (non-hydrogen) atoms. The highest BCUT2D eigenvalue weighted by Crippen LogP contribution is 2.41. The molecule has 1 aliphatic carbocycles. The number of imide groups is 1. The maximum atomic E-state index is 13.3. The molecule has 5 amide bonds. The van der Waals surface area contributed by atoms with Crippen LogP contribution in [-0.2, 0) is 26.3 Å². The van der Waals surface area contributed by atoms with Gasteiger partial charge in [0.25, 0.3) is 5.91 Å². The Bertz CT molecular complexity index is 1270. The van der Waals surface area contributed by atoms with Crippen LogP contribution < -0.4 is 20.1 Å². The van der Waals surface area contributed by atoms with E-state index in [0.717, 1.165) is 16.0 Å². The van der Waals surface area contributed by atoms with E-state index in [-0.39, 0.29) is 37.0 Å². The molecule has 0 saturated carbocycles. The van der Waals surface area contributed by atoms with Crippen molar-refractivity contribution in [2.45, 2.75) is 31.2 Å². The highest BCUT2D eigenvalue weighted by atomic mass is 16.7. The van der Waals surface area contributed by atoms with Gasteiger partial charge in [-0.25, -0.2) is 4.79 Å². The summed E-state index contributed by atoms with van der Waals surface area (Å²) in [7, 11) is 0. The number of urea groups is 1. The zero-order valence-corrected chi connectivity index (χ0v) is 19.6. The van der Waals surface area contributed by atoms with Gasteiger partial charge in [0, 0.05) is 30.8 Å². The minimum absolute atomic E-state index is 0.114. The Morgan fingerprint density at radius 3 is 2.67 bits per heavy atom. The Kier molecular flexibility index (Phi) is 5.31. The van der Waals surface area contributed by atoms with E-state index < -0.39 is 11.6 Å². The fraction of sp³-hybridized carbons (Fsp3) is 0.385. The molecule has 10 nitrogen and oxygen atoms in total. The molecule has 2 aromatic rings. The first-order valence-electron chi connectivity index (χ1n) is 12.2. The zero-order valence-electron chi connectivity index (χ0n) is 19.6. The average Bonchev–Trinajstić information content (AvgIpc) is 3.57. The molecule has 6 rings (SSSR count). The lowest BCUT2D eigenvalue weighted by Gasteiger charge is -2.32. The number of nitrogens with zero attached hydrogens (tertiary/aromatic N) is 2. The van der Waals surface area contributed by atoms with Crippen molar-refractivity contribution in [1.82, 2.24) is 15.1 Å². The number of benzene rings is 2. The van der Waals surface area contributed by atoms with Crippen molar-refractivity contribution < 1.29 is 28.7 Å². The van der Waals surface area contributed by atoms with Crippen molar-refractivity contribution >= 4 is 29.4 Å². The van der Waals surface area contributed by atoms with Gasteiger partial charge in [0.05, 0.1) is 0 Å². The van der Waals surface area contributed by atoms with Gasteiger partial charge in [0.2, 0.25) is 18.6 Å². The number of aryl methyl sites for hydroxylation is 1. The number of nitrogens with one attached hydrogen (secondary N) is 2. The molecule has 0 unspecified atom stereocenters. The summed E-state index contributed by atoms with van der Waals surface area (Å²) in [6.45, 7) is 0.631. The van der Waals surface area contributed by atoms with Gasteiger partial charge < -0.3 is 25.0 Å². The van der Waals surface area contributed by atoms with Crippen LogP contribution in [0.5, 0.6) is 11.5 Å². The van der Waals surface area contributed by atoms with E-state index in [4.69, 9.17) is 9.47 Å². The van der Waals surface area contributed by atoms with E-state index >= 15 is 0 Å². The van der Waals surface area contributed by atoms with Crippen LogP contribution in [0.3, 0.4) is 0 Å². The number of hydrogen-bond acceptors (Lipinski definition) is 6. The van der Waals surface area contributed by atoms with Crippen molar-refractivity contribution in [1.29, 1.82) is 0 Å². The number of ether oxygens (including phenoxy) is 2. The van der Waals surface area contributed by atoms with E-state index in [0.29, 0.717) is 56.0 Å². The molecule has 186 valence electrons. The topological polar surface area (TPSA) is 117 Å². The summed E-state index contributed by atoms with van der Waals surface area (Å²) in [5.41, 5.74) is 1.41. The number of carbonyl (C=O) groups excluding carboxylic acids is 4. The summed E-state index contributed by atoms with van der Waals surface area (Å²) >= 11 is 0. The quantitative estimate of drug-likeness (QED) is 0.633. The smallest absolute Gasteiger partial charge is 0.325 e. The maximum absolute atomic E-state index is 13.3. The minimum Gasteiger partial charge on any atom is -0.454 e. The summed E-state index contributed by atoms with van der Waals surface area (Å²) < 4.78 is 10.6. The van der Waals surface area contributed by atoms with E-state index in [9.17, 15) is 19.2 Å². The fourth-order valence-corrected chi connectivity index (χ4v) is 5.58. The standard InChI is InChI=1S/C26H26N4O6/c31-22(14-30-24(33)26(28-25(30)34)10-7-16-3-1-2-4-19(16)26)29-11-8-17(9-12-29)23(32)27-18-5-6-20-21(13-18)36-15-35-20/h1-6,13,17H,7-12,14-15H2,(H,27,32)(H,28,34)/t26-/m1/s1. The van der Waals surface area contributed by atoms with Gasteiger partial charge in [-0.3, -0.25) is 19.3 Å². The molecule has 0 bridgehead atoms. The minimum atomic E-state index is -1.08. The van der Waals surface area contributed by atoms with E-state index in [1.54, 1.807) is 23.1 Å². The number of hydrogen-bond donors (Lipinski definition) is 2. The van der Waals surface area contributed by atoms with Gasteiger partial charge in [0.1, 0.15) is 12.1 Å². The Balaban J connectivity index is 1.05. The average molecular weight is 491 g/mol. The number of likely N-dealkylation sites (tertiary alicyclic amines) is 1. The van der Waals surface area contributed by atoms with Gasteiger partial charge in [-0.15, -0.1) is 0 Å². The monoisotopic (exact) mass is 490 g/mol. The molecule has 2 aromatic carbocycles. The molecular weight excluding hydrogens is 464 g/mol. The lowest BCUT2D eigenvalue weighted by molar-refractivity contribution is -0.140. The Labute approximate surface area is 207 Å². The van der Waals surface area contributed by atoms with Gasteiger partial charge in [-0.1, -0.05) is 24.3 Å². The molecule has 0 aromatic heterocycles. The van der Waals surface area contributed by atoms with Crippen LogP contribution in [0, 0.1) is 5.92 Å². The first-order chi connectivity index (χ1) is 17.4. The highest BCUT2D eigenvalue weighted by Gasteiger charge is 2.55. The van der Waals surface area contributed by atoms with Crippen LogP contribution in [0.4, 0.5) is 10.5 Å². The molecule has 10 heteroatoms. The van der Waals surface area contributed by atoms with Gasteiger partial charge in [-0.2, -0.15) is 0 Å². The van der Waals surface area contributed by atoms with Gasteiger partial charge in [0.15, 0.2) is 11.5 Å². The molecule has 4 aliphatic rings. The molecule has 3 aliphatic heterocycles. The zero-order chi connectivity index (χ0) is 24.9. The van der Waals surface area contributed by atoms with Crippen molar-refractivity contribution in [2.24, 2.45) is 5.92 Å². The van der Waals surface area contributed by atoms with Crippen LogP contribution in [-0.4, -0.2) is 60.0 Å². The van der Waals surface area contributed by atoms with Crippen molar-refractivity contribution in [2.75, 3.05) is 31.7 Å². The molecule has 2 fully saturated rings. The molecule has 2 saturated heterocycles. The molecule has 1 spiro atoms. The highest BCUT2D eigenvalue weighted by molar-refractivity contribution is 6.10. The van der Waals surface area contributed by atoms with Crippen LogP contribution in [0.1, 0.15) is 30.4 Å². The molecule has 3 heterocycles. The summed E-state index contributed by atoms with van der Waals surface area (Å²) in [5.74, 6) is 0.219. The molecule has 2 N–H and O–H groups in total. The maximum Gasteiger partial charge on any atom is 0.325 e. The Morgan fingerprint density at radius 1 is 1.06 bits per heavy atom. The van der Waals surface area contributed by atoms with E-state index in [1.807, 2.05) is 24.3 Å². The summed E-state index contributed by atoms with van der Waals surface area (Å²) in [6, 6.07) is 12.3. The number of anilines is 1. The van der Waals surface area contributed by atoms with Crippen molar-refractivity contribution in [3.63, 3.8) is 0 Å².